The lowest BCUT2D eigenvalue weighted by molar-refractivity contribution is -0.138. The quantitative estimate of drug-likeness (QED) is 0.452. The van der Waals surface area contributed by atoms with Crippen molar-refractivity contribution in [1.29, 1.82) is 0 Å². The summed E-state index contributed by atoms with van der Waals surface area (Å²) in [5.74, 6) is -1.24. The zero-order valence-electron chi connectivity index (χ0n) is 16.4. The molecule has 1 unspecified atom stereocenters. The van der Waals surface area contributed by atoms with Gasteiger partial charge in [0.2, 0.25) is 0 Å². The molecule has 0 aliphatic carbocycles. The molecule has 2 rings (SSSR count). The molecule has 2 aromatic rings. The monoisotopic (exact) mass is 442 g/mol. The average molecular weight is 442 g/mol. The molecule has 162 valence electrons. The van der Waals surface area contributed by atoms with Gasteiger partial charge in [-0.2, -0.15) is 13.2 Å². The fraction of sp³-hybridized carbons (Fsp3) is 0.300. The summed E-state index contributed by atoms with van der Waals surface area (Å²) in [6.45, 7) is 1.65. The van der Waals surface area contributed by atoms with E-state index >= 15 is 0 Å². The van der Waals surface area contributed by atoms with Crippen LogP contribution in [0, 0.1) is 6.92 Å². The van der Waals surface area contributed by atoms with E-state index in [0.29, 0.717) is 10.4 Å². The zero-order chi connectivity index (χ0) is 22.5. The van der Waals surface area contributed by atoms with Crippen molar-refractivity contribution in [3.05, 3.63) is 68.8 Å². The topological polar surface area (TPSA) is 93.5 Å². The maximum absolute atomic E-state index is 13.9. The van der Waals surface area contributed by atoms with Gasteiger partial charge in [-0.3, -0.25) is 9.79 Å². The fourth-order valence-electron chi connectivity index (χ4n) is 2.95. The third kappa shape index (κ3) is 5.45. The van der Waals surface area contributed by atoms with Crippen LogP contribution < -0.4 is 16.8 Å². The van der Waals surface area contributed by atoms with Crippen LogP contribution >= 0.6 is 11.3 Å². The molecule has 10 heteroatoms. The number of carbonyl (C=O) groups excluding carboxylic acids is 1. The molecule has 5 N–H and O–H groups in total. The van der Waals surface area contributed by atoms with Crippen LogP contribution in [0.1, 0.15) is 31.2 Å². The molecule has 0 radical (unpaired) electrons. The van der Waals surface area contributed by atoms with Gasteiger partial charge in [0.25, 0.3) is 5.91 Å². The third-order valence-corrected chi connectivity index (χ3v) is 5.45. The number of hydrogen-bond acceptors (Lipinski definition) is 5. The number of halogens is 4. The standard InChI is InChI=1S/C20H22F4N4OS/c1-11-14(18(27-2)16(21)10-26)8-17(30-11)19(29)28-13(9-25)7-12-5-3-4-6-15(12)20(22,23)24/h3-6,8,10,13H,7,9,25-26H2,1-2H3,(H,28,29). The minimum absolute atomic E-state index is 0.0137. The van der Waals surface area contributed by atoms with E-state index in [-0.39, 0.29) is 29.1 Å². The lowest BCUT2D eigenvalue weighted by Crippen LogP contribution is -2.41. The Morgan fingerprint density at radius 3 is 2.57 bits per heavy atom. The fourth-order valence-corrected chi connectivity index (χ4v) is 3.88. The Morgan fingerprint density at radius 1 is 1.33 bits per heavy atom. The van der Waals surface area contributed by atoms with Crippen molar-refractivity contribution in [3.63, 3.8) is 0 Å². The molecule has 1 amide bonds. The van der Waals surface area contributed by atoms with Gasteiger partial charge < -0.3 is 16.8 Å². The summed E-state index contributed by atoms with van der Waals surface area (Å²) in [6, 6.07) is 5.91. The molecule has 0 aliphatic rings. The first-order valence-electron chi connectivity index (χ1n) is 8.93. The van der Waals surface area contributed by atoms with Crippen LogP contribution in [0.2, 0.25) is 0 Å². The predicted molar refractivity (Wildman–Crippen MR) is 110 cm³/mol. The van der Waals surface area contributed by atoms with Crippen molar-refractivity contribution < 1.29 is 22.4 Å². The number of carbonyl (C=O) groups is 1. The lowest BCUT2D eigenvalue weighted by Gasteiger charge is -2.19. The van der Waals surface area contributed by atoms with Gasteiger partial charge in [0.05, 0.1) is 10.4 Å². The van der Waals surface area contributed by atoms with E-state index in [2.05, 4.69) is 10.3 Å². The number of allylic oxidation sites excluding steroid dienone is 1. The van der Waals surface area contributed by atoms with E-state index in [1.54, 1.807) is 6.92 Å². The van der Waals surface area contributed by atoms with Gasteiger partial charge in [-0.1, -0.05) is 18.2 Å². The first kappa shape index (κ1) is 23.6. The summed E-state index contributed by atoms with van der Waals surface area (Å²) in [5, 5.41) is 2.66. The Labute approximate surface area is 175 Å². The molecular formula is C20H22F4N4OS. The number of aliphatic imine (C=N–C) groups is 1. The highest BCUT2D eigenvalue weighted by molar-refractivity contribution is 7.14. The maximum atomic E-state index is 13.9. The number of rotatable bonds is 7. The van der Waals surface area contributed by atoms with Crippen molar-refractivity contribution in [3.8, 4) is 0 Å². The zero-order valence-corrected chi connectivity index (χ0v) is 17.2. The number of amides is 1. The molecule has 0 spiro atoms. The van der Waals surface area contributed by atoms with Crippen LogP contribution in [0.15, 0.2) is 47.4 Å². The van der Waals surface area contributed by atoms with Gasteiger partial charge in [-0.15, -0.1) is 11.3 Å². The van der Waals surface area contributed by atoms with Crippen LogP contribution in [0.5, 0.6) is 0 Å². The summed E-state index contributed by atoms with van der Waals surface area (Å²) in [5.41, 5.74) is 10.6. The van der Waals surface area contributed by atoms with Gasteiger partial charge in [-0.25, -0.2) is 4.39 Å². The Kier molecular flexibility index (Phi) is 7.74. The number of hydrogen-bond donors (Lipinski definition) is 3. The highest BCUT2D eigenvalue weighted by Crippen LogP contribution is 2.32. The first-order valence-corrected chi connectivity index (χ1v) is 9.75. The lowest BCUT2D eigenvalue weighted by atomic mass is 9.99. The minimum atomic E-state index is -4.50. The molecule has 0 fully saturated rings. The van der Waals surface area contributed by atoms with Gasteiger partial charge in [0, 0.05) is 36.3 Å². The molecule has 0 saturated heterocycles. The number of alkyl halides is 3. The van der Waals surface area contributed by atoms with E-state index in [1.165, 1.54) is 31.3 Å². The van der Waals surface area contributed by atoms with Crippen molar-refractivity contribution in [2.24, 2.45) is 16.5 Å². The molecule has 0 bridgehead atoms. The van der Waals surface area contributed by atoms with Gasteiger partial charge in [0.15, 0.2) is 5.83 Å². The molecular weight excluding hydrogens is 420 g/mol. The van der Waals surface area contributed by atoms with Crippen LogP contribution in [0.3, 0.4) is 0 Å². The van der Waals surface area contributed by atoms with Crippen molar-refractivity contribution in [2.45, 2.75) is 25.6 Å². The number of nitrogens with zero attached hydrogens (tertiary/aromatic N) is 1. The van der Waals surface area contributed by atoms with E-state index in [0.717, 1.165) is 23.6 Å². The third-order valence-electron chi connectivity index (χ3n) is 4.40. The van der Waals surface area contributed by atoms with Crippen molar-refractivity contribution in [2.75, 3.05) is 13.6 Å². The Balaban J connectivity index is 2.22. The normalized spacial score (nSPS) is 14.0. The highest BCUT2D eigenvalue weighted by Gasteiger charge is 2.33. The number of benzene rings is 1. The van der Waals surface area contributed by atoms with Crippen LogP contribution in [0.4, 0.5) is 17.6 Å². The first-order chi connectivity index (χ1) is 14.1. The van der Waals surface area contributed by atoms with Gasteiger partial charge in [0.1, 0.15) is 5.71 Å². The van der Waals surface area contributed by atoms with E-state index < -0.39 is 29.5 Å². The summed E-state index contributed by atoms with van der Waals surface area (Å²) in [4.78, 5) is 17.4. The summed E-state index contributed by atoms with van der Waals surface area (Å²) >= 11 is 1.11. The van der Waals surface area contributed by atoms with Gasteiger partial charge in [-0.05, 0) is 31.0 Å². The average Bonchev–Trinajstić information content (AvgIpc) is 3.09. The Bertz CT molecular complexity index is 966. The number of aryl methyl sites for hydroxylation is 1. The molecule has 1 atom stereocenters. The SMILES string of the molecule is CN=C(C(F)=CN)c1cc(C(=O)NC(CN)Cc2ccccc2C(F)(F)F)sc1C. The molecule has 1 heterocycles. The maximum Gasteiger partial charge on any atom is 0.416 e. The van der Waals surface area contributed by atoms with Crippen LogP contribution in [-0.2, 0) is 12.6 Å². The molecule has 1 aromatic carbocycles. The summed E-state index contributed by atoms with van der Waals surface area (Å²) < 4.78 is 53.5. The van der Waals surface area contributed by atoms with Crippen LogP contribution in [-0.4, -0.2) is 31.3 Å². The van der Waals surface area contributed by atoms with Crippen LogP contribution in [0.25, 0.3) is 0 Å². The smallest absolute Gasteiger partial charge is 0.402 e. The van der Waals surface area contributed by atoms with E-state index in [9.17, 15) is 22.4 Å². The second-order valence-corrected chi connectivity index (χ2v) is 7.69. The molecule has 0 aliphatic heterocycles. The van der Waals surface area contributed by atoms with Gasteiger partial charge >= 0.3 is 6.18 Å². The summed E-state index contributed by atoms with van der Waals surface area (Å²) in [6.07, 6.45) is -3.81. The number of nitrogens with two attached hydrogens (primary N) is 2. The highest BCUT2D eigenvalue weighted by atomic mass is 32.1. The Morgan fingerprint density at radius 2 is 2.00 bits per heavy atom. The molecule has 5 nitrogen and oxygen atoms in total. The predicted octanol–water partition coefficient (Wildman–Crippen LogP) is 3.56. The van der Waals surface area contributed by atoms with E-state index in [4.69, 9.17) is 11.5 Å². The largest absolute Gasteiger partial charge is 0.416 e. The second kappa shape index (κ2) is 9.86. The molecule has 30 heavy (non-hydrogen) atoms. The van der Waals surface area contributed by atoms with E-state index in [1.807, 2.05) is 0 Å². The second-order valence-electron chi connectivity index (χ2n) is 6.43. The number of nitrogens with one attached hydrogen (secondary N) is 1. The summed E-state index contributed by atoms with van der Waals surface area (Å²) in [7, 11) is 1.40. The number of thiophene rings is 1. The molecule has 0 saturated carbocycles. The molecule has 1 aromatic heterocycles. The Hall–Kier alpha value is -2.72. The van der Waals surface area contributed by atoms with Crippen molar-refractivity contribution >= 4 is 23.0 Å². The minimum Gasteiger partial charge on any atom is -0.402 e. The van der Waals surface area contributed by atoms with Crippen molar-refractivity contribution in [1.82, 2.24) is 5.32 Å².